The van der Waals surface area contributed by atoms with E-state index in [0.717, 1.165) is 4.90 Å². The van der Waals surface area contributed by atoms with Crippen LogP contribution < -0.4 is 0 Å². The Bertz CT molecular complexity index is 895. The summed E-state index contributed by atoms with van der Waals surface area (Å²) in [5.74, 6) is 0.427. The van der Waals surface area contributed by atoms with Crippen LogP contribution in [-0.2, 0) is 12.1 Å². The zero-order chi connectivity index (χ0) is 20.6. The van der Waals surface area contributed by atoms with Crippen LogP contribution in [0, 0.1) is 10.1 Å². The normalized spacial score (nSPS) is 12.5. The largest absolute Gasteiger partial charge is 0.382 e. The van der Waals surface area contributed by atoms with Crippen LogP contribution in [0.25, 0.3) is 0 Å². The van der Waals surface area contributed by atoms with E-state index in [1.165, 1.54) is 0 Å². The van der Waals surface area contributed by atoms with Gasteiger partial charge in [0.05, 0.1) is 12.9 Å². The van der Waals surface area contributed by atoms with Crippen LogP contribution in [0.1, 0.15) is 5.56 Å². The van der Waals surface area contributed by atoms with Gasteiger partial charge in [0.2, 0.25) is 0 Å². The summed E-state index contributed by atoms with van der Waals surface area (Å²) in [7, 11) is 0. The predicted molar refractivity (Wildman–Crippen MR) is 106 cm³/mol. The first-order valence-corrected chi connectivity index (χ1v) is 9.54. The van der Waals surface area contributed by atoms with Crippen molar-refractivity contribution >= 4 is 35.0 Å². The van der Waals surface area contributed by atoms with Gasteiger partial charge in [0.25, 0.3) is 5.09 Å². The number of halogens is 2. The molecule has 0 aliphatic carbocycles. The summed E-state index contributed by atoms with van der Waals surface area (Å²) in [4.78, 5) is 17.4. The summed E-state index contributed by atoms with van der Waals surface area (Å²) in [6, 6.07) is 8.97. The zero-order valence-corrected chi connectivity index (χ0v) is 16.7. The standard InChI is InChI=1S/C17H15Cl2N3OS.HNO3/c18-13-1-2-15(16(19)9-13)17(23,10-22-8-7-21-12-22)11-24-14-3-5-20-6-4-14;2-1(3)4/h1-9,12,23H,10-11H2;(H,2,3,4). The van der Waals surface area contributed by atoms with Crippen molar-refractivity contribution in [3.63, 3.8) is 0 Å². The lowest BCUT2D eigenvalue weighted by Gasteiger charge is -2.30. The maximum absolute atomic E-state index is 11.4. The molecule has 0 spiro atoms. The third kappa shape index (κ3) is 6.68. The van der Waals surface area contributed by atoms with Gasteiger partial charge in [-0.25, -0.2) is 4.98 Å². The van der Waals surface area contributed by atoms with Crippen molar-refractivity contribution < 1.29 is 15.4 Å². The van der Waals surface area contributed by atoms with Crippen LogP contribution >= 0.6 is 35.0 Å². The first-order chi connectivity index (χ1) is 13.3. The van der Waals surface area contributed by atoms with Crippen molar-refractivity contribution in [2.24, 2.45) is 0 Å². The maximum Gasteiger partial charge on any atom is 0.291 e. The van der Waals surface area contributed by atoms with E-state index in [1.807, 2.05) is 22.9 Å². The fourth-order valence-corrected chi connectivity index (χ4v) is 3.95. The van der Waals surface area contributed by atoms with Crippen molar-refractivity contribution in [1.82, 2.24) is 14.5 Å². The third-order valence-electron chi connectivity index (χ3n) is 3.56. The molecule has 148 valence electrons. The fourth-order valence-electron chi connectivity index (χ4n) is 2.39. The topological polar surface area (TPSA) is 114 Å². The monoisotopic (exact) mass is 442 g/mol. The first kappa shape index (κ1) is 22.0. The van der Waals surface area contributed by atoms with E-state index in [4.69, 9.17) is 38.5 Å². The predicted octanol–water partition coefficient (Wildman–Crippen LogP) is 3.92. The number of pyridine rings is 1. The molecule has 3 aromatic rings. The Balaban J connectivity index is 0.000000640. The molecule has 0 bridgehead atoms. The van der Waals surface area contributed by atoms with Gasteiger partial charge in [-0.3, -0.25) is 4.98 Å². The summed E-state index contributed by atoms with van der Waals surface area (Å²) >= 11 is 13.9. The molecule has 0 aliphatic heterocycles. The van der Waals surface area contributed by atoms with E-state index < -0.39 is 10.7 Å². The highest BCUT2D eigenvalue weighted by Crippen LogP contribution is 2.36. The SMILES string of the molecule is O=[N+]([O-])O.OC(CSc1ccncc1)(Cn1ccnc1)c1ccc(Cl)cc1Cl. The van der Waals surface area contributed by atoms with Crippen LogP contribution in [0.15, 0.2) is 66.3 Å². The Hall–Kier alpha value is -2.33. The van der Waals surface area contributed by atoms with E-state index in [-0.39, 0.29) is 0 Å². The van der Waals surface area contributed by atoms with Crippen LogP contribution in [0.3, 0.4) is 0 Å². The lowest BCUT2D eigenvalue weighted by atomic mass is 9.95. The average Bonchev–Trinajstić information content (AvgIpc) is 3.13. The lowest BCUT2D eigenvalue weighted by molar-refractivity contribution is -0.742. The highest BCUT2D eigenvalue weighted by Gasteiger charge is 2.32. The molecule has 28 heavy (non-hydrogen) atoms. The van der Waals surface area contributed by atoms with Crippen molar-refractivity contribution in [1.29, 1.82) is 0 Å². The number of rotatable bonds is 6. The molecule has 2 N–H and O–H groups in total. The van der Waals surface area contributed by atoms with Gasteiger partial charge in [0, 0.05) is 51.0 Å². The Kier molecular flexibility index (Phi) is 8.06. The zero-order valence-electron chi connectivity index (χ0n) is 14.4. The average molecular weight is 443 g/mol. The molecule has 8 nitrogen and oxygen atoms in total. The first-order valence-electron chi connectivity index (χ1n) is 7.80. The van der Waals surface area contributed by atoms with Gasteiger partial charge in [-0.1, -0.05) is 29.3 Å². The number of imidazole rings is 1. The smallest absolute Gasteiger partial charge is 0.291 e. The molecule has 1 unspecified atom stereocenters. The van der Waals surface area contributed by atoms with Crippen molar-refractivity contribution in [2.45, 2.75) is 17.0 Å². The van der Waals surface area contributed by atoms with E-state index in [9.17, 15) is 5.11 Å². The molecular formula is C17H16Cl2N4O4S. The number of benzene rings is 1. The summed E-state index contributed by atoms with van der Waals surface area (Å²) in [5, 5.41) is 26.0. The molecule has 0 fully saturated rings. The van der Waals surface area contributed by atoms with E-state index >= 15 is 0 Å². The van der Waals surface area contributed by atoms with Gasteiger partial charge < -0.3 is 14.9 Å². The Morgan fingerprint density at radius 2 is 1.86 bits per heavy atom. The van der Waals surface area contributed by atoms with Crippen LogP contribution in [0.2, 0.25) is 10.0 Å². The molecule has 0 saturated carbocycles. The number of hydrogen-bond acceptors (Lipinski definition) is 6. The fraction of sp³-hybridized carbons (Fsp3) is 0.176. The highest BCUT2D eigenvalue weighted by molar-refractivity contribution is 7.99. The van der Waals surface area contributed by atoms with Crippen LogP contribution in [0.4, 0.5) is 0 Å². The second kappa shape index (κ2) is 10.3. The minimum Gasteiger partial charge on any atom is -0.382 e. The third-order valence-corrected chi connectivity index (χ3v) is 5.34. The Labute approximate surface area is 174 Å². The van der Waals surface area contributed by atoms with Gasteiger partial charge in [-0.2, -0.15) is 0 Å². The van der Waals surface area contributed by atoms with Gasteiger partial charge in [-0.15, -0.1) is 21.9 Å². The van der Waals surface area contributed by atoms with Gasteiger partial charge in [-0.05, 0) is 24.3 Å². The Morgan fingerprint density at radius 3 is 2.43 bits per heavy atom. The molecule has 2 heterocycles. The summed E-state index contributed by atoms with van der Waals surface area (Å²) in [6.07, 6.45) is 8.62. The van der Waals surface area contributed by atoms with E-state index in [2.05, 4.69) is 9.97 Å². The molecule has 0 aliphatic rings. The summed E-state index contributed by atoms with van der Waals surface area (Å²) < 4.78 is 1.83. The molecule has 2 aromatic heterocycles. The number of aromatic nitrogens is 3. The number of hydrogen-bond donors (Lipinski definition) is 2. The number of nitrogens with zero attached hydrogens (tertiary/aromatic N) is 4. The molecule has 1 atom stereocenters. The summed E-state index contributed by atoms with van der Waals surface area (Å²) in [6.45, 7) is 0.340. The molecule has 3 rings (SSSR count). The second-order valence-corrected chi connectivity index (χ2v) is 7.49. The van der Waals surface area contributed by atoms with Crippen LogP contribution in [-0.4, -0.2) is 35.7 Å². The lowest BCUT2D eigenvalue weighted by Crippen LogP contribution is -2.34. The molecule has 0 radical (unpaired) electrons. The van der Waals surface area contributed by atoms with Crippen LogP contribution in [0.5, 0.6) is 0 Å². The molecule has 1 aromatic carbocycles. The number of thioether (sulfide) groups is 1. The van der Waals surface area contributed by atoms with Gasteiger partial charge >= 0.3 is 0 Å². The minimum absolute atomic E-state index is 0.340. The molecule has 11 heteroatoms. The minimum atomic E-state index is -1.50. The molecule has 0 amide bonds. The Morgan fingerprint density at radius 1 is 1.18 bits per heavy atom. The van der Waals surface area contributed by atoms with Gasteiger partial charge in [0.1, 0.15) is 5.60 Å². The van der Waals surface area contributed by atoms with E-state index in [0.29, 0.717) is 27.9 Å². The molecule has 0 saturated heterocycles. The van der Waals surface area contributed by atoms with Crippen molar-refractivity contribution in [3.8, 4) is 0 Å². The highest BCUT2D eigenvalue weighted by atomic mass is 35.5. The van der Waals surface area contributed by atoms with Crippen molar-refractivity contribution in [3.05, 3.63) is 87.2 Å². The second-order valence-electron chi connectivity index (χ2n) is 5.60. The van der Waals surface area contributed by atoms with E-state index in [1.54, 1.807) is 54.9 Å². The van der Waals surface area contributed by atoms with Gasteiger partial charge in [0.15, 0.2) is 0 Å². The quantitative estimate of drug-likeness (QED) is 0.337. The summed E-state index contributed by atoms with van der Waals surface area (Å²) in [5.41, 5.74) is -0.528. The van der Waals surface area contributed by atoms with Crippen molar-refractivity contribution in [2.75, 3.05) is 5.75 Å². The molecular weight excluding hydrogens is 427 g/mol. The number of aliphatic hydroxyl groups is 1. The maximum atomic E-state index is 11.4.